The summed E-state index contributed by atoms with van der Waals surface area (Å²) in [7, 11) is 0. The van der Waals surface area contributed by atoms with Gasteiger partial charge in [0, 0.05) is 6.54 Å². The molecule has 7 nitrogen and oxygen atoms in total. The predicted molar refractivity (Wildman–Crippen MR) is 91.2 cm³/mol. The van der Waals surface area contributed by atoms with E-state index in [4.69, 9.17) is 9.15 Å². The van der Waals surface area contributed by atoms with Crippen LogP contribution in [-0.4, -0.2) is 30.9 Å². The van der Waals surface area contributed by atoms with Crippen LogP contribution in [-0.2, 0) is 9.53 Å². The molecule has 0 saturated carbocycles. The highest BCUT2D eigenvalue weighted by atomic mass is 16.5. The molecular formula is C18H20N2O5. The molecule has 0 atom stereocenters. The number of hydrogen-bond donors (Lipinski definition) is 2. The fourth-order valence-electron chi connectivity index (χ4n) is 1.96. The molecule has 0 radical (unpaired) electrons. The van der Waals surface area contributed by atoms with Gasteiger partial charge in [-0.05, 0) is 24.1 Å². The van der Waals surface area contributed by atoms with Crippen molar-refractivity contribution in [2.24, 2.45) is 5.92 Å². The van der Waals surface area contributed by atoms with Gasteiger partial charge >= 0.3 is 5.97 Å². The van der Waals surface area contributed by atoms with Gasteiger partial charge in [-0.1, -0.05) is 26.0 Å². The van der Waals surface area contributed by atoms with Crippen molar-refractivity contribution in [3.8, 4) is 0 Å². The standard InChI is InChI=1S/C18H20N2O5/c1-12(2)9-19-17(22)14-5-3-4-6-15(14)20-16(21)11-25-18(23)13-7-8-24-10-13/h3-8,10,12H,9,11H2,1-2H3,(H,19,22)(H,20,21). The van der Waals surface area contributed by atoms with Crippen LogP contribution in [0.3, 0.4) is 0 Å². The number of para-hydroxylation sites is 1. The average molecular weight is 344 g/mol. The molecule has 7 heteroatoms. The Labute approximate surface area is 145 Å². The summed E-state index contributed by atoms with van der Waals surface area (Å²) in [5.74, 6) is -1.17. The minimum atomic E-state index is -0.660. The lowest BCUT2D eigenvalue weighted by Crippen LogP contribution is -2.29. The van der Waals surface area contributed by atoms with E-state index in [1.54, 1.807) is 24.3 Å². The maximum Gasteiger partial charge on any atom is 0.341 e. The van der Waals surface area contributed by atoms with E-state index >= 15 is 0 Å². The smallest absolute Gasteiger partial charge is 0.341 e. The van der Waals surface area contributed by atoms with Crippen LogP contribution in [0, 0.1) is 5.92 Å². The van der Waals surface area contributed by atoms with E-state index in [1.165, 1.54) is 18.6 Å². The van der Waals surface area contributed by atoms with Crippen LogP contribution in [0.25, 0.3) is 0 Å². The van der Waals surface area contributed by atoms with Gasteiger partial charge < -0.3 is 19.8 Å². The topological polar surface area (TPSA) is 97.6 Å². The van der Waals surface area contributed by atoms with Crippen LogP contribution in [0.4, 0.5) is 5.69 Å². The Morgan fingerprint density at radius 3 is 2.60 bits per heavy atom. The number of carbonyl (C=O) groups is 3. The third-order valence-corrected chi connectivity index (χ3v) is 3.21. The maximum atomic E-state index is 12.2. The molecule has 0 spiro atoms. The van der Waals surface area contributed by atoms with Crippen LogP contribution >= 0.6 is 0 Å². The molecule has 0 aliphatic rings. The number of rotatable bonds is 7. The number of amides is 2. The van der Waals surface area contributed by atoms with Crippen molar-refractivity contribution in [3.05, 3.63) is 54.0 Å². The summed E-state index contributed by atoms with van der Waals surface area (Å²) in [6.07, 6.45) is 2.57. The molecule has 1 aromatic heterocycles. The Balaban J connectivity index is 1.94. The minimum Gasteiger partial charge on any atom is -0.472 e. The molecule has 2 rings (SSSR count). The van der Waals surface area contributed by atoms with Crippen molar-refractivity contribution in [2.75, 3.05) is 18.5 Å². The van der Waals surface area contributed by atoms with Crippen molar-refractivity contribution in [3.63, 3.8) is 0 Å². The molecule has 1 heterocycles. The number of benzene rings is 1. The fourth-order valence-corrected chi connectivity index (χ4v) is 1.96. The molecule has 2 amide bonds. The second-order valence-electron chi connectivity index (χ2n) is 5.79. The number of hydrogen-bond acceptors (Lipinski definition) is 5. The predicted octanol–water partition coefficient (Wildman–Crippen LogP) is 2.46. The molecule has 0 aliphatic carbocycles. The highest BCUT2D eigenvalue weighted by molar-refractivity contribution is 6.04. The van der Waals surface area contributed by atoms with Gasteiger partial charge in [0.25, 0.3) is 11.8 Å². The van der Waals surface area contributed by atoms with Crippen LogP contribution in [0.1, 0.15) is 34.6 Å². The van der Waals surface area contributed by atoms with Crippen LogP contribution in [0.15, 0.2) is 47.3 Å². The zero-order chi connectivity index (χ0) is 18.2. The highest BCUT2D eigenvalue weighted by Gasteiger charge is 2.15. The van der Waals surface area contributed by atoms with Crippen molar-refractivity contribution in [1.29, 1.82) is 0 Å². The minimum absolute atomic E-state index is 0.223. The third-order valence-electron chi connectivity index (χ3n) is 3.21. The second kappa shape index (κ2) is 8.68. The van der Waals surface area contributed by atoms with Gasteiger partial charge in [0.15, 0.2) is 6.61 Å². The first-order valence-corrected chi connectivity index (χ1v) is 7.83. The van der Waals surface area contributed by atoms with Gasteiger partial charge in [0.05, 0.1) is 23.1 Å². The largest absolute Gasteiger partial charge is 0.472 e. The number of esters is 1. The lowest BCUT2D eigenvalue weighted by atomic mass is 10.1. The Morgan fingerprint density at radius 1 is 1.16 bits per heavy atom. The second-order valence-corrected chi connectivity index (χ2v) is 5.79. The first-order chi connectivity index (χ1) is 12.0. The Kier molecular flexibility index (Phi) is 6.33. The molecule has 1 aromatic carbocycles. The lowest BCUT2D eigenvalue weighted by Gasteiger charge is -2.12. The summed E-state index contributed by atoms with van der Waals surface area (Å²) in [4.78, 5) is 35.9. The van der Waals surface area contributed by atoms with Gasteiger partial charge in [-0.25, -0.2) is 4.79 Å². The van der Waals surface area contributed by atoms with E-state index in [1.807, 2.05) is 13.8 Å². The summed E-state index contributed by atoms with van der Waals surface area (Å²) in [6, 6.07) is 8.07. The normalized spacial score (nSPS) is 10.4. The van der Waals surface area contributed by atoms with Gasteiger partial charge in [-0.15, -0.1) is 0 Å². The highest BCUT2D eigenvalue weighted by Crippen LogP contribution is 2.15. The first-order valence-electron chi connectivity index (χ1n) is 7.83. The summed E-state index contributed by atoms with van der Waals surface area (Å²) < 4.78 is 9.66. The number of nitrogens with one attached hydrogen (secondary N) is 2. The Bertz CT molecular complexity index is 738. The molecule has 2 aromatic rings. The molecule has 0 aliphatic heterocycles. The summed E-state index contributed by atoms with van der Waals surface area (Å²) in [6.45, 7) is 4.04. The Morgan fingerprint density at radius 2 is 1.92 bits per heavy atom. The van der Waals surface area contributed by atoms with Crippen LogP contribution in [0.2, 0.25) is 0 Å². The first kappa shape index (κ1) is 18.3. The van der Waals surface area contributed by atoms with E-state index in [2.05, 4.69) is 10.6 Å². The van der Waals surface area contributed by atoms with E-state index < -0.39 is 18.5 Å². The average Bonchev–Trinajstić information content (AvgIpc) is 3.12. The SMILES string of the molecule is CC(C)CNC(=O)c1ccccc1NC(=O)COC(=O)c1ccoc1. The van der Waals surface area contributed by atoms with Crippen LogP contribution in [0.5, 0.6) is 0 Å². The lowest BCUT2D eigenvalue weighted by molar-refractivity contribution is -0.119. The maximum absolute atomic E-state index is 12.2. The van der Waals surface area contributed by atoms with Crippen molar-refractivity contribution >= 4 is 23.5 Å². The molecule has 0 bridgehead atoms. The summed E-state index contributed by atoms with van der Waals surface area (Å²) in [5.41, 5.74) is 0.923. The van der Waals surface area contributed by atoms with Crippen molar-refractivity contribution in [2.45, 2.75) is 13.8 Å². The van der Waals surface area contributed by atoms with Gasteiger partial charge in [0.1, 0.15) is 6.26 Å². The van der Waals surface area contributed by atoms with Crippen molar-refractivity contribution < 1.29 is 23.5 Å². The molecule has 0 unspecified atom stereocenters. The van der Waals surface area contributed by atoms with Crippen molar-refractivity contribution in [1.82, 2.24) is 5.32 Å². The molecular weight excluding hydrogens is 324 g/mol. The number of furan rings is 1. The molecule has 0 fully saturated rings. The van der Waals surface area contributed by atoms with Gasteiger partial charge in [0.2, 0.25) is 0 Å². The summed E-state index contributed by atoms with van der Waals surface area (Å²) >= 11 is 0. The zero-order valence-electron chi connectivity index (χ0n) is 14.1. The Hall–Kier alpha value is -3.09. The van der Waals surface area contributed by atoms with Crippen LogP contribution < -0.4 is 10.6 Å². The molecule has 25 heavy (non-hydrogen) atoms. The van der Waals surface area contributed by atoms with Gasteiger partial charge in [-0.2, -0.15) is 0 Å². The van der Waals surface area contributed by atoms with E-state index in [-0.39, 0.29) is 11.5 Å². The zero-order valence-corrected chi connectivity index (χ0v) is 14.1. The molecule has 2 N–H and O–H groups in total. The van der Waals surface area contributed by atoms with Gasteiger partial charge in [-0.3, -0.25) is 9.59 Å². The number of anilines is 1. The summed E-state index contributed by atoms with van der Waals surface area (Å²) in [5, 5.41) is 5.37. The fraction of sp³-hybridized carbons (Fsp3) is 0.278. The molecule has 0 saturated heterocycles. The van der Waals surface area contributed by atoms with E-state index in [9.17, 15) is 14.4 Å². The molecule has 132 valence electrons. The van der Waals surface area contributed by atoms with E-state index in [0.717, 1.165) is 0 Å². The monoisotopic (exact) mass is 344 g/mol. The quantitative estimate of drug-likeness (QED) is 0.752. The number of carbonyl (C=O) groups excluding carboxylic acids is 3. The third kappa shape index (κ3) is 5.49. The number of ether oxygens (including phenoxy) is 1. The van der Waals surface area contributed by atoms with E-state index in [0.29, 0.717) is 23.7 Å².